The van der Waals surface area contributed by atoms with Gasteiger partial charge in [-0.3, -0.25) is 24.0 Å². The Morgan fingerprint density at radius 3 is 2.45 bits per heavy atom. The standard InChI is InChI=1S/C26H32O7/c1-14-10-18-19-7-9-26(33-16(3)28,22(31)13-32-15(2)27)25(19,5)12-21(30)23(18)24(4)8-6-17(29)11-20(14)24/h11,18-19,23H,1,6-10,12-13H2,2-5H3/t18-,19-,23+,24-,25-,26-/m0/s1. The molecule has 0 unspecified atom stereocenters. The second kappa shape index (κ2) is 7.74. The minimum atomic E-state index is -1.51. The Balaban J connectivity index is 1.76. The number of ether oxygens (including phenoxy) is 2. The van der Waals surface area contributed by atoms with Crippen molar-refractivity contribution in [1.82, 2.24) is 0 Å². The molecule has 6 atom stereocenters. The second-order valence-corrected chi connectivity index (χ2v) is 10.7. The van der Waals surface area contributed by atoms with Gasteiger partial charge in [-0.25, -0.2) is 0 Å². The number of esters is 2. The van der Waals surface area contributed by atoms with Crippen molar-refractivity contribution in [2.45, 2.75) is 71.8 Å². The second-order valence-electron chi connectivity index (χ2n) is 10.7. The zero-order valence-corrected chi connectivity index (χ0v) is 19.8. The van der Waals surface area contributed by atoms with Crippen LogP contribution < -0.4 is 0 Å². The summed E-state index contributed by atoms with van der Waals surface area (Å²) in [4.78, 5) is 62.8. The SMILES string of the molecule is C=C1C[C@@H]2[C@H](C(=O)C[C@@]3(C)[C@H]2CC[C@]3(OC(C)=O)C(=O)COC(C)=O)[C@@]2(C)CCC(=O)C=C12. The first-order valence-corrected chi connectivity index (χ1v) is 11.7. The van der Waals surface area contributed by atoms with Gasteiger partial charge in [0.1, 0.15) is 5.78 Å². The van der Waals surface area contributed by atoms with Crippen LogP contribution in [0.25, 0.3) is 0 Å². The molecule has 7 nitrogen and oxygen atoms in total. The van der Waals surface area contributed by atoms with Gasteiger partial charge in [0.2, 0.25) is 5.78 Å². The molecule has 178 valence electrons. The number of Topliss-reactive ketones (excluding diaryl/α,β-unsaturated/α-hetero) is 2. The van der Waals surface area contributed by atoms with Crippen LogP contribution in [0.2, 0.25) is 0 Å². The molecule has 0 aliphatic heterocycles. The van der Waals surface area contributed by atoms with Gasteiger partial charge in [-0.05, 0) is 49.2 Å². The molecule has 3 saturated carbocycles. The lowest BCUT2D eigenvalue weighted by atomic mass is 9.45. The van der Waals surface area contributed by atoms with Gasteiger partial charge in [-0.15, -0.1) is 0 Å². The minimum absolute atomic E-state index is 0.0349. The number of ketones is 3. The Bertz CT molecular complexity index is 1010. The van der Waals surface area contributed by atoms with Gasteiger partial charge >= 0.3 is 11.9 Å². The van der Waals surface area contributed by atoms with Gasteiger partial charge < -0.3 is 9.47 Å². The molecule has 0 saturated heterocycles. The predicted octanol–water partition coefficient (Wildman–Crippen LogP) is 3.30. The van der Waals surface area contributed by atoms with Crippen molar-refractivity contribution in [2.24, 2.45) is 28.6 Å². The summed E-state index contributed by atoms with van der Waals surface area (Å²) in [5.41, 5.74) is -1.11. The van der Waals surface area contributed by atoms with E-state index < -0.39 is 40.8 Å². The summed E-state index contributed by atoms with van der Waals surface area (Å²) in [6.07, 6.45) is 4.25. The zero-order valence-electron chi connectivity index (χ0n) is 19.8. The lowest BCUT2D eigenvalue weighted by Gasteiger charge is -2.58. The molecule has 0 N–H and O–H groups in total. The third kappa shape index (κ3) is 3.34. The van der Waals surface area contributed by atoms with Crippen LogP contribution in [-0.4, -0.2) is 41.5 Å². The molecule has 0 heterocycles. The van der Waals surface area contributed by atoms with Gasteiger partial charge in [0.25, 0.3) is 0 Å². The summed E-state index contributed by atoms with van der Waals surface area (Å²) in [5, 5.41) is 0. The van der Waals surface area contributed by atoms with Crippen molar-refractivity contribution >= 4 is 29.3 Å². The van der Waals surface area contributed by atoms with Crippen LogP contribution in [-0.2, 0) is 33.4 Å². The number of hydrogen-bond acceptors (Lipinski definition) is 7. The van der Waals surface area contributed by atoms with E-state index in [-0.39, 0.29) is 42.2 Å². The number of hydrogen-bond donors (Lipinski definition) is 0. The van der Waals surface area contributed by atoms with Gasteiger partial charge in [0.15, 0.2) is 18.0 Å². The summed E-state index contributed by atoms with van der Waals surface area (Å²) in [7, 11) is 0. The van der Waals surface area contributed by atoms with E-state index in [1.165, 1.54) is 13.8 Å². The van der Waals surface area contributed by atoms with E-state index in [1.807, 2.05) is 6.92 Å². The van der Waals surface area contributed by atoms with Crippen molar-refractivity contribution in [3.05, 3.63) is 23.8 Å². The van der Waals surface area contributed by atoms with Gasteiger partial charge in [-0.1, -0.05) is 26.0 Å². The fourth-order valence-electron chi connectivity index (χ4n) is 7.60. The third-order valence-corrected chi connectivity index (χ3v) is 8.92. The van der Waals surface area contributed by atoms with Crippen molar-refractivity contribution in [3.63, 3.8) is 0 Å². The summed E-state index contributed by atoms with van der Waals surface area (Å²) >= 11 is 0. The normalized spacial score (nSPS) is 39.7. The number of carbonyl (C=O) groups excluding carboxylic acids is 5. The fourth-order valence-corrected chi connectivity index (χ4v) is 7.60. The Morgan fingerprint density at radius 2 is 1.82 bits per heavy atom. The van der Waals surface area contributed by atoms with Crippen molar-refractivity contribution in [3.8, 4) is 0 Å². The fraction of sp³-hybridized carbons (Fsp3) is 0.654. The minimum Gasteiger partial charge on any atom is -0.458 e. The molecule has 0 amide bonds. The van der Waals surface area contributed by atoms with Crippen LogP contribution in [0.15, 0.2) is 23.8 Å². The van der Waals surface area contributed by atoms with E-state index in [9.17, 15) is 24.0 Å². The number of rotatable bonds is 4. The maximum atomic E-state index is 13.8. The first kappa shape index (κ1) is 23.6. The van der Waals surface area contributed by atoms with Crippen LogP contribution >= 0.6 is 0 Å². The first-order valence-electron chi connectivity index (χ1n) is 11.7. The summed E-state index contributed by atoms with van der Waals surface area (Å²) in [5.74, 6) is -1.94. The van der Waals surface area contributed by atoms with E-state index in [2.05, 4.69) is 13.5 Å². The monoisotopic (exact) mass is 456 g/mol. The molecular weight excluding hydrogens is 424 g/mol. The van der Waals surface area contributed by atoms with E-state index in [0.29, 0.717) is 25.7 Å². The highest BCUT2D eigenvalue weighted by molar-refractivity contribution is 5.96. The highest BCUT2D eigenvalue weighted by atomic mass is 16.6. The van der Waals surface area contributed by atoms with Crippen molar-refractivity contribution in [1.29, 1.82) is 0 Å². The van der Waals surface area contributed by atoms with Crippen molar-refractivity contribution < 1.29 is 33.4 Å². The molecule has 7 heteroatoms. The molecule has 4 rings (SSSR count). The highest BCUT2D eigenvalue weighted by Gasteiger charge is 2.70. The lowest BCUT2D eigenvalue weighted by Crippen LogP contribution is -2.62. The van der Waals surface area contributed by atoms with Gasteiger partial charge in [0.05, 0.1) is 0 Å². The Kier molecular flexibility index (Phi) is 5.53. The maximum absolute atomic E-state index is 13.8. The molecule has 4 aliphatic carbocycles. The first-order chi connectivity index (χ1) is 15.4. The largest absolute Gasteiger partial charge is 0.458 e. The van der Waals surface area contributed by atoms with E-state index in [1.54, 1.807) is 6.08 Å². The molecule has 0 aromatic rings. The Labute approximate surface area is 193 Å². The zero-order chi connectivity index (χ0) is 24.3. The number of carbonyl (C=O) groups is 5. The molecule has 0 aromatic heterocycles. The molecular formula is C26H32O7. The molecule has 33 heavy (non-hydrogen) atoms. The summed E-state index contributed by atoms with van der Waals surface area (Å²) in [6, 6.07) is 0. The summed E-state index contributed by atoms with van der Waals surface area (Å²) < 4.78 is 10.7. The molecule has 0 radical (unpaired) electrons. The Hall–Kier alpha value is -2.57. The van der Waals surface area contributed by atoms with Crippen LogP contribution in [0.5, 0.6) is 0 Å². The van der Waals surface area contributed by atoms with Crippen LogP contribution in [0.4, 0.5) is 0 Å². The Morgan fingerprint density at radius 1 is 1.12 bits per heavy atom. The molecule has 0 spiro atoms. The lowest BCUT2D eigenvalue weighted by molar-refractivity contribution is -0.191. The van der Waals surface area contributed by atoms with Gasteiger partial charge in [-0.2, -0.15) is 0 Å². The molecule has 4 aliphatic rings. The topological polar surface area (TPSA) is 104 Å². The van der Waals surface area contributed by atoms with E-state index in [4.69, 9.17) is 9.47 Å². The average molecular weight is 457 g/mol. The third-order valence-electron chi connectivity index (χ3n) is 8.92. The average Bonchev–Trinajstić information content (AvgIpc) is 2.99. The van der Waals surface area contributed by atoms with Crippen molar-refractivity contribution in [2.75, 3.05) is 6.61 Å². The number of fused-ring (bicyclic) bond motifs is 5. The van der Waals surface area contributed by atoms with Crippen LogP contribution in [0.3, 0.4) is 0 Å². The number of allylic oxidation sites excluding steroid dienone is 2. The van der Waals surface area contributed by atoms with Crippen LogP contribution in [0.1, 0.15) is 66.2 Å². The van der Waals surface area contributed by atoms with E-state index >= 15 is 0 Å². The van der Waals surface area contributed by atoms with E-state index in [0.717, 1.165) is 11.1 Å². The maximum Gasteiger partial charge on any atom is 0.303 e. The molecule has 3 fully saturated rings. The van der Waals surface area contributed by atoms with Crippen LogP contribution in [0, 0.1) is 28.6 Å². The summed E-state index contributed by atoms with van der Waals surface area (Å²) in [6.45, 7) is 10.2. The van der Waals surface area contributed by atoms with Gasteiger partial charge in [0, 0.05) is 43.4 Å². The molecule has 0 aromatic carbocycles. The smallest absolute Gasteiger partial charge is 0.303 e. The quantitative estimate of drug-likeness (QED) is 0.598. The molecule has 0 bridgehead atoms. The predicted molar refractivity (Wildman–Crippen MR) is 118 cm³/mol. The highest BCUT2D eigenvalue weighted by Crippen LogP contribution is 2.68.